The van der Waals surface area contributed by atoms with Crippen molar-refractivity contribution in [1.82, 2.24) is 14.2 Å². The second-order valence-corrected chi connectivity index (χ2v) is 8.88. The van der Waals surface area contributed by atoms with Gasteiger partial charge in [0, 0.05) is 44.3 Å². The predicted octanol–water partition coefficient (Wildman–Crippen LogP) is 1.30. The molecule has 0 unspecified atom stereocenters. The highest BCUT2D eigenvalue weighted by molar-refractivity contribution is 7.88. The monoisotopic (exact) mass is 375 g/mol. The molecule has 0 aliphatic carbocycles. The van der Waals surface area contributed by atoms with Crippen LogP contribution in [0.1, 0.15) is 17.2 Å². The van der Waals surface area contributed by atoms with Gasteiger partial charge >= 0.3 is 0 Å². The molecule has 6 nitrogen and oxygen atoms in total. The first-order valence-electron chi connectivity index (χ1n) is 8.64. The summed E-state index contributed by atoms with van der Waals surface area (Å²) in [5.74, 6) is 0.0779. The Bertz CT molecular complexity index is 814. The average Bonchev–Trinajstić information content (AvgIpc) is 2.63. The summed E-state index contributed by atoms with van der Waals surface area (Å²) in [4.78, 5) is 6.53. The van der Waals surface area contributed by atoms with E-state index < -0.39 is 10.0 Å². The summed E-state index contributed by atoms with van der Waals surface area (Å²) in [7, 11) is -1.67. The molecule has 1 fully saturated rings. The molecule has 1 saturated heterocycles. The van der Waals surface area contributed by atoms with Crippen LogP contribution in [-0.4, -0.2) is 66.3 Å². The summed E-state index contributed by atoms with van der Waals surface area (Å²) in [5, 5.41) is 9.98. The molecule has 1 aliphatic rings. The van der Waals surface area contributed by atoms with Crippen LogP contribution < -0.4 is 0 Å². The number of likely N-dealkylation sites (N-methyl/N-ethyl adjacent to an activating group) is 1. The zero-order valence-corrected chi connectivity index (χ0v) is 15.9. The quantitative estimate of drug-likeness (QED) is 0.790. The first-order valence-corrected chi connectivity index (χ1v) is 10.5. The highest BCUT2D eigenvalue weighted by Crippen LogP contribution is 2.41. The fourth-order valence-electron chi connectivity index (χ4n) is 3.68. The summed E-state index contributed by atoms with van der Waals surface area (Å²) in [6.07, 6.45) is 2.96. The maximum atomic E-state index is 11.9. The van der Waals surface area contributed by atoms with Crippen LogP contribution in [0.4, 0.5) is 0 Å². The minimum Gasteiger partial charge on any atom is -0.395 e. The Labute approximate surface area is 155 Å². The third-order valence-electron chi connectivity index (χ3n) is 5.13. The van der Waals surface area contributed by atoms with Gasteiger partial charge in [0.15, 0.2) is 0 Å². The molecule has 2 aromatic rings. The first kappa shape index (κ1) is 19.0. The van der Waals surface area contributed by atoms with Gasteiger partial charge in [0.25, 0.3) is 0 Å². The van der Waals surface area contributed by atoms with E-state index in [0.717, 1.165) is 11.3 Å². The molecule has 2 heterocycles. The fourth-order valence-corrected chi connectivity index (χ4v) is 4.11. The minimum atomic E-state index is -3.27. The standard InChI is InChI=1S/C19H25N3O3S/c1-21(26(2,24)25)13-17-19(15-8-4-3-5-9-15)18(14-23)22(17)12-16-10-6-7-11-20-16/h3-11,17-19,23H,12-14H2,1-2H3/t17-,18-,19+/m0/s1. The molecular weight excluding hydrogens is 350 g/mol. The third-order valence-corrected chi connectivity index (χ3v) is 6.41. The summed E-state index contributed by atoms with van der Waals surface area (Å²) < 4.78 is 25.2. The fraction of sp³-hybridized carbons (Fsp3) is 0.421. The topological polar surface area (TPSA) is 73.7 Å². The van der Waals surface area contributed by atoms with Crippen molar-refractivity contribution in [3.63, 3.8) is 0 Å². The Balaban J connectivity index is 1.88. The van der Waals surface area contributed by atoms with E-state index in [9.17, 15) is 13.5 Å². The molecule has 1 aromatic heterocycles. The lowest BCUT2D eigenvalue weighted by Crippen LogP contribution is -2.66. The van der Waals surface area contributed by atoms with Gasteiger partial charge in [0.1, 0.15) is 0 Å². The van der Waals surface area contributed by atoms with Crippen LogP contribution >= 0.6 is 0 Å². The molecule has 3 rings (SSSR count). The molecule has 0 saturated carbocycles. The summed E-state index contributed by atoms with van der Waals surface area (Å²) >= 11 is 0. The lowest BCUT2D eigenvalue weighted by Gasteiger charge is -2.55. The van der Waals surface area contributed by atoms with E-state index in [2.05, 4.69) is 9.88 Å². The van der Waals surface area contributed by atoms with Crippen LogP contribution in [0.5, 0.6) is 0 Å². The molecular formula is C19H25N3O3S. The second kappa shape index (κ2) is 7.84. The molecule has 1 aromatic carbocycles. The molecule has 26 heavy (non-hydrogen) atoms. The summed E-state index contributed by atoms with van der Waals surface area (Å²) in [5.41, 5.74) is 2.03. The Hall–Kier alpha value is -1.80. The smallest absolute Gasteiger partial charge is 0.211 e. The van der Waals surface area contributed by atoms with E-state index in [4.69, 9.17) is 0 Å². The van der Waals surface area contributed by atoms with E-state index >= 15 is 0 Å². The first-order chi connectivity index (χ1) is 12.4. The van der Waals surface area contributed by atoms with Crippen molar-refractivity contribution >= 4 is 10.0 Å². The summed E-state index contributed by atoms with van der Waals surface area (Å²) in [6, 6.07) is 15.7. The minimum absolute atomic E-state index is 0.0173. The predicted molar refractivity (Wildman–Crippen MR) is 101 cm³/mol. The van der Waals surface area contributed by atoms with E-state index in [-0.39, 0.29) is 24.6 Å². The number of pyridine rings is 1. The number of hydrogen-bond acceptors (Lipinski definition) is 5. The van der Waals surface area contributed by atoms with Crippen molar-refractivity contribution in [3.05, 3.63) is 66.0 Å². The van der Waals surface area contributed by atoms with Crippen molar-refractivity contribution < 1.29 is 13.5 Å². The number of aliphatic hydroxyl groups excluding tert-OH is 1. The van der Waals surface area contributed by atoms with Crippen molar-refractivity contribution in [2.75, 3.05) is 26.5 Å². The molecule has 1 N–H and O–H groups in total. The van der Waals surface area contributed by atoms with Crippen LogP contribution in [-0.2, 0) is 16.6 Å². The Morgan fingerprint density at radius 1 is 1.12 bits per heavy atom. The van der Waals surface area contributed by atoms with Crippen molar-refractivity contribution in [1.29, 1.82) is 0 Å². The largest absolute Gasteiger partial charge is 0.395 e. The lowest BCUT2D eigenvalue weighted by molar-refractivity contribution is -0.0552. The third kappa shape index (κ3) is 3.96. The van der Waals surface area contributed by atoms with E-state index in [1.165, 1.54) is 10.6 Å². The number of sulfonamides is 1. The van der Waals surface area contributed by atoms with Gasteiger partial charge in [-0.2, -0.15) is 0 Å². The number of likely N-dealkylation sites (tertiary alicyclic amines) is 1. The Morgan fingerprint density at radius 2 is 1.81 bits per heavy atom. The van der Waals surface area contributed by atoms with E-state index in [1.54, 1.807) is 13.2 Å². The molecule has 7 heteroatoms. The number of rotatable bonds is 7. The molecule has 3 atom stereocenters. The van der Waals surface area contributed by atoms with Gasteiger partial charge in [-0.05, 0) is 17.7 Å². The molecule has 140 valence electrons. The average molecular weight is 375 g/mol. The van der Waals surface area contributed by atoms with Crippen LogP contribution in [0.2, 0.25) is 0 Å². The van der Waals surface area contributed by atoms with Gasteiger partial charge in [-0.3, -0.25) is 9.88 Å². The highest BCUT2D eigenvalue weighted by atomic mass is 32.2. The van der Waals surface area contributed by atoms with Crippen LogP contribution in [0, 0.1) is 0 Å². The molecule has 0 radical (unpaired) electrons. The van der Waals surface area contributed by atoms with Crippen LogP contribution in [0.25, 0.3) is 0 Å². The number of benzene rings is 1. The SMILES string of the molecule is CN(C[C@H]1[C@@H](c2ccccc2)[C@H](CO)N1Cc1ccccn1)S(C)(=O)=O. The zero-order valence-electron chi connectivity index (χ0n) is 15.1. The van der Waals surface area contributed by atoms with Crippen LogP contribution in [0.15, 0.2) is 54.7 Å². The van der Waals surface area contributed by atoms with Gasteiger partial charge in [0.05, 0.1) is 18.6 Å². The van der Waals surface area contributed by atoms with Gasteiger partial charge in [0.2, 0.25) is 10.0 Å². The lowest BCUT2D eigenvalue weighted by atomic mass is 9.75. The molecule has 1 aliphatic heterocycles. The van der Waals surface area contributed by atoms with Gasteiger partial charge in [-0.15, -0.1) is 0 Å². The zero-order chi connectivity index (χ0) is 18.7. The number of aromatic nitrogens is 1. The van der Waals surface area contributed by atoms with Crippen molar-refractivity contribution in [2.45, 2.75) is 24.5 Å². The van der Waals surface area contributed by atoms with E-state index in [1.807, 2.05) is 48.5 Å². The Kier molecular flexibility index (Phi) is 5.72. The second-order valence-electron chi connectivity index (χ2n) is 6.79. The van der Waals surface area contributed by atoms with Gasteiger partial charge in [-0.25, -0.2) is 12.7 Å². The number of hydrogen-bond donors (Lipinski definition) is 1. The normalized spacial score (nSPS) is 23.8. The molecule has 0 bridgehead atoms. The van der Waals surface area contributed by atoms with Gasteiger partial charge < -0.3 is 5.11 Å². The van der Waals surface area contributed by atoms with E-state index in [0.29, 0.717) is 13.1 Å². The molecule has 0 spiro atoms. The molecule has 0 amide bonds. The van der Waals surface area contributed by atoms with Crippen molar-refractivity contribution in [2.24, 2.45) is 0 Å². The summed E-state index contributed by atoms with van der Waals surface area (Å²) in [6.45, 7) is 0.977. The Morgan fingerprint density at radius 3 is 2.38 bits per heavy atom. The van der Waals surface area contributed by atoms with Crippen molar-refractivity contribution in [3.8, 4) is 0 Å². The maximum absolute atomic E-state index is 11.9. The maximum Gasteiger partial charge on any atom is 0.211 e. The highest BCUT2D eigenvalue weighted by Gasteiger charge is 2.49. The number of nitrogens with zero attached hydrogens (tertiary/aromatic N) is 3. The van der Waals surface area contributed by atoms with Gasteiger partial charge in [-0.1, -0.05) is 36.4 Å². The van der Waals surface area contributed by atoms with Crippen LogP contribution in [0.3, 0.4) is 0 Å². The number of aliphatic hydroxyl groups is 1.